The maximum Gasteiger partial charge on any atom is 0.407 e. The lowest BCUT2D eigenvalue weighted by Gasteiger charge is -2.50. The molecule has 28 heavy (non-hydrogen) atoms. The first-order valence-electron chi connectivity index (χ1n) is 10.7. The molecule has 1 N–H and O–H groups in total. The van der Waals surface area contributed by atoms with Gasteiger partial charge in [0.25, 0.3) is 0 Å². The number of amides is 1. The number of carboxylic acid groups (broad SMARTS) is 1. The summed E-state index contributed by atoms with van der Waals surface area (Å²) in [5, 5.41) is 9.51. The van der Waals surface area contributed by atoms with Crippen LogP contribution in [0, 0.1) is 5.41 Å². The Bertz CT molecular complexity index is 811. The number of nitrogens with zero attached hydrogens (tertiary/aromatic N) is 2. The molecule has 1 spiro atoms. The van der Waals surface area contributed by atoms with Crippen molar-refractivity contribution in [1.82, 2.24) is 9.80 Å². The minimum absolute atomic E-state index is 0.0576. The van der Waals surface area contributed by atoms with Crippen LogP contribution in [0.5, 0.6) is 0 Å². The lowest BCUT2D eigenvalue weighted by molar-refractivity contribution is 0.0176. The Labute approximate surface area is 166 Å². The van der Waals surface area contributed by atoms with Crippen molar-refractivity contribution in [3.05, 3.63) is 35.4 Å². The van der Waals surface area contributed by atoms with Gasteiger partial charge in [-0.05, 0) is 57.2 Å². The number of carbonyl (C=O) groups excluding carboxylic acids is 1. The van der Waals surface area contributed by atoms with Crippen LogP contribution in [0.4, 0.5) is 4.79 Å². The van der Waals surface area contributed by atoms with Crippen molar-refractivity contribution in [3.8, 4) is 0 Å². The molecule has 1 amide bonds. The third kappa shape index (κ3) is 2.28. The normalized spacial score (nSPS) is 33.3. The zero-order valence-corrected chi connectivity index (χ0v) is 16.9. The molecule has 3 saturated heterocycles. The number of carbonyl (C=O) groups is 2. The fraction of sp³-hybridized carbons (Fsp3) is 0.652. The quantitative estimate of drug-likeness (QED) is 0.800. The van der Waals surface area contributed by atoms with Crippen LogP contribution in [-0.4, -0.2) is 58.0 Å². The summed E-state index contributed by atoms with van der Waals surface area (Å²) in [6.07, 6.45) is 5.24. The lowest BCUT2D eigenvalue weighted by Crippen LogP contribution is -2.56. The second-order valence-electron chi connectivity index (χ2n) is 9.82. The van der Waals surface area contributed by atoms with Gasteiger partial charge in [-0.3, -0.25) is 4.79 Å². The molecule has 5 nitrogen and oxygen atoms in total. The first-order valence-corrected chi connectivity index (χ1v) is 10.7. The SMILES string of the molecule is CC1(C)C(=O)c2ccccc2C12CCN(C1CC3CCC(C1)N3C(=O)O)CC2. The van der Waals surface area contributed by atoms with Gasteiger partial charge in [-0.1, -0.05) is 38.1 Å². The summed E-state index contributed by atoms with van der Waals surface area (Å²) in [6, 6.07) is 9.10. The zero-order valence-electron chi connectivity index (χ0n) is 16.9. The van der Waals surface area contributed by atoms with E-state index >= 15 is 0 Å². The van der Waals surface area contributed by atoms with Crippen molar-refractivity contribution in [3.63, 3.8) is 0 Å². The predicted molar refractivity (Wildman–Crippen MR) is 107 cm³/mol. The maximum atomic E-state index is 13.1. The highest BCUT2D eigenvalue weighted by Gasteiger charge is 2.58. The largest absolute Gasteiger partial charge is 0.465 e. The average Bonchev–Trinajstić information content (AvgIpc) is 3.05. The number of fused-ring (bicyclic) bond motifs is 4. The number of benzene rings is 1. The van der Waals surface area contributed by atoms with E-state index in [1.54, 1.807) is 4.90 Å². The number of rotatable bonds is 1. The van der Waals surface area contributed by atoms with E-state index in [2.05, 4.69) is 30.9 Å². The van der Waals surface area contributed by atoms with Crippen molar-refractivity contribution in [2.75, 3.05) is 13.1 Å². The van der Waals surface area contributed by atoms with Crippen LogP contribution in [0.15, 0.2) is 24.3 Å². The van der Waals surface area contributed by atoms with Gasteiger partial charge >= 0.3 is 6.09 Å². The molecule has 3 heterocycles. The van der Waals surface area contributed by atoms with E-state index in [0.717, 1.165) is 57.2 Å². The first kappa shape index (κ1) is 18.2. The fourth-order valence-electron chi connectivity index (χ4n) is 6.91. The molecule has 5 rings (SSSR count). The van der Waals surface area contributed by atoms with Crippen LogP contribution in [0.1, 0.15) is 68.3 Å². The molecular formula is C23H30N2O3. The van der Waals surface area contributed by atoms with E-state index in [1.807, 2.05) is 12.1 Å². The number of hydrogen-bond acceptors (Lipinski definition) is 3. The molecule has 1 aliphatic carbocycles. The molecule has 150 valence electrons. The van der Waals surface area contributed by atoms with Gasteiger partial charge < -0.3 is 14.9 Å². The van der Waals surface area contributed by atoms with Gasteiger partial charge in [0.1, 0.15) is 0 Å². The summed E-state index contributed by atoms with van der Waals surface area (Å²) in [5.74, 6) is 0.296. The predicted octanol–water partition coefficient (Wildman–Crippen LogP) is 3.92. The third-order valence-corrected chi connectivity index (χ3v) is 8.55. The summed E-state index contributed by atoms with van der Waals surface area (Å²) in [7, 11) is 0. The molecule has 1 aromatic carbocycles. The van der Waals surface area contributed by atoms with Crippen LogP contribution < -0.4 is 0 Å². The second kappa shape index (κ2) is 6.06. The van der Waals surface area contributed by atoms with Gasteiger partial charge in [0.05, 0.1) is 0 Å². The van der Waals surface area contributed by atoms with Crippen LogP contribution >= 0.6 is 0 Å². The van der Waals surface area contributed by atoms with E-state index in [-0.39, 0.29) is 22.9 Å². The van der Waals surface area contributed by atoms with Gasteiger partial charge in [-0.15, -0.1) is 0 Å². The molecule has 3 aliphatic heterocycles. The van der Waals surface area contributed by atoms with Crippen molar-refractivity contribution < 1.29 is 14.7 Å². The Balaban J connectivity index is 1.35. The van der Waals surface area contributed by atoms with Gasteiger partial charge in [-0.25, -0.2) is 4.79 Å². The Morgan fingerprint density at radius 3 is 2.25 bits per heavy atom. The summed E-state index contributed by atoms with van der Waals surface area (Å²) in [6.45, 7) is 6.28. The van der Waals surface area contributed by atoms with Crippen LogP contribution in [-0.2, 0) is 5.41 Å². The van der Waals surface area contributed by atoms with Crippen LogP contribution in [0.2, 0.25) is 0 Å². The topological polar surface area (TPSA) is 60.9 Å². The molecule has 3 fully saturated rings. The summed E-state index contributed by atoms with van der Waals surface area (Å²) in [4.78, 5) is 29.0. The molecule has 4 aliphatic rings. The highest BCUT2D eigenvalue weighted by atomic mass is 16.4. The Morgan fingerprint density at radius 1 is 1.04 bits per heavy atom. The maximum absolute atomic E-state index is 13.1. The minimum atomic E-state index is -0.744. The summed E-state index contributed by atoms with van der Waals surface area (Å²) in [5.41, 5.74) is 1.77. The average molecular weight is 383 g/mol. The Morgan fingerprint density at radius 2 is 1.64 bits per heavy atom. The second-order valence-corrected chi connectivity index (χ2v) is 9.82. The third-order valence-electron chi connectivity index (χ3n) is 8.55. The Hall–Kier alpha value is -1.88. The molecular weight excluding hydrogens is 352 g/mol. The van der Waals surface area contributed by atoms with Gasteiger partial charge in [-0.2, -0.15) is 0 Å². The standard InChI is InChI=1S/C23H30N2O3/c1-22(2)20(26)18-5-3-4-6-19(18)23(22)9-11-24(12-10-23)17-13-15-7-8-16(14-17)25(15)21(27)28/h3-6,15-17H,7-14H2,1-2H3,(H,27,28). The highest BCUT2D eigenvalue weighted by Crippen LogP contribution is 2.57. The van der Waals surface area contributed by atoms with Crippen molar-refractivity contribution in [2.45, 2.75) is 75.9 Å². The molecule has 5 heteroatoms. The molecule has 0 radical (unpaired) electrons. The monoisotopic (exact) mass is 382 g/mol. The van der Waals surface area contributed by atoms with Crippen LogP contribution in [0.3, 0.4) is 0 Å². The van der Waals surface area contributed by atoms with Gasteiger partial charge in [0, 0.05) is 34.5 Å². The Kier molecular flexibility index (Phi) is 3.93. The number of piperidine rings is 2. The van der Waals surface area contributed by atoms with Crippen molar-refractivity contribution in [2.24, 2.45) is 5.41 Å². The van der Waals surface area contributed by atoms with E-state index in [0.29, 0.717) is 11.8 Å². The molecule has 0 saturated carbocycles. The van der Waals surface area contributed by atoms with E-state index in [4.69, 9.17) is 0 Å². The summed E-state index contributed by atoms with van der Waals surface area (Å²) >= 11 is 0. The van der Waals surface area contributed by atoms with E-state index < -0.39 is 6.09 Å². The number of hydrogen-bond donors (Lipinski definition) is 1. The lowest BCUT2D eigenvalue weighted by atomic mass is 9.60. The molecule has 2 atom stereocenters. The van der Waals surface area contributed by atoms with Gasteiger partial charge in [0.2, 0.25) is 0 Å². The first-order chi connectivity index (χ1) is 13.3. The van der Waals surface area contributed by atoms with Gasteiger partial charge in [0.15, 0.2) is 5.78 Å². The minimum Gasteiger partial charge on any atom is -0.465 e. The zero-order chi connectivity index (χ0) is 19.7. The number of Topliss-reactive ketones (excluding diaryl/α,β-unsaturated/α-hetero) is 1. The molecule has 2 bridgehead atoms. The highest BCUT2D eigenvalue weighted by molar-refractivity contribution is 6.06. The number of likely N-dealkylation sites (tertiary alicyclic amines) is 1. The number of ketones is 1. The van der Waals surface area contributed by atoms with Crippen LogP contribution in [0.25, 0.3) is 0 Å². The van der Waals surface area contributed by atoms with Crippen molar-refractivity contribution >= 4 is 11.9 Å². The summed E-state index contributed by atoms with van der Waals surface area (Å²) < 4.78 is 0. The molecule has 1 aromatic rings. The van der Waals surface area contributed by atoms with Crippen molar-refractivity contribution in [1.29, 1.82) is 0 Å². The smallest absolute Gasteiger partial charge is 0.407 e. The van der Waals surface area contributed by atoms with E-state index in [1.165, 1.54) is 5.56 Å². The fourth-order valence-corrected chi connectivity index (χ4v) is 6.91. The molecule has 2 unspecified atom stereocenters. The molecule has 0 aromatic heterocycles. The van der Waals surface area contributed by atoms with E-state index in [9.17, 15) is 14.7 Å².